The zero-order valence-electron chi connectivity index (χ0n) is 10.2. The minimum Gasteiger partial charge on any atom is -0.0889 e. The molecule has 1 unspecified atom stereocenters. The Balaban J connectivity index is 4.43. The Morgan fingerprint density at radius 3 is 2.21 bits per heavy atom. The molecule has 0 fully saturated rings. The van der Waals surface area contributed by atoms with E-state index in [1.54, 1.807) is 0 Å². The normalized spacial score (nSPS) is 16.8. The third kappa shape index (κ3) is 4.50. The van der Waals surface area contributed by atoms with Gasteiger partial charge in [0.2, 0.25) is 0 Å². The van der Waals surface area contributed by atoms with Gasteiger partial charge in [0.25, 0.3) is 0 Å². The molecule has 1 atom stereocenters. The van der Waals surface area contributed by atoms with Gasteiger partial charge in [-0.1, -0.05) is 64.6 Å². The quantitative estimate of drug-likeness (QED) is 0.526. The Morgan fingerprint density at radius 1 is 1.14 bits per heavy atom. The second-order valence-corrected chi connectivity index (χ2v) is 4.78. The van der Waals surface area contributed by atoms with Crippen molar-refractivity contribution in [1.82, 2.24) is 0 Å². The molecule has 0 bridgehead atoms. The number of allylic oxidation sites excluding steroid dienone is 2. The maximum Gasteiger partial charge on any atom is 0.0200 e. The molecule has 0 spiro atoms. The van der Waals surface area contributed by atoms with Gasteiger partial charge < -0.3 is 0 Å². The van der Waals surface area contributed by atoms with Gasteiger partial charge in [0.05, 0.1) is 0 Å². The molecular weight excluding hydrogens is 192 g/mol. The van der Waals surface area contributed by atoms with Crippen LogP contribution in [0, 0.1) is 5.41 Å². The highest BCUT2D eigenvalue weighted by molar-refractivity contribution is 6.30. The Hall–Kier alpha value is 0.0300. The van der Waals surface area contributed by atoms with E-state index in [9.17, 15) is 0 Å². The average molecular weight is 217 g/mol. The number of halogens is 1. The first-order valence-corrected chi connectivity index (χ1v) is 6.34. The van der Waals surface area contributed by atoms with E-state index in [1.165, 1.54) is 32.1 Å². The third-order valence-corrected chi connectivity index (χ3v) is 3.45. The van der Waals surface area contributed by atoms with Gasteiger partial charge in [-0.3, -0.25) is 0 Å². The van der Waals surface area contributed by atoms with Gasteiger partial charge in [0.15, 0.2) is 0 Å². The van der Waals surface area contributed by atoms with E-state index >= 15 is 0 Å². The summed E-state index contributed by atoms with van der Waals surface area (Å²) in [6.45, 7) is 8.93. The molecule has 1 heteroatoms. The van der Waals surface area contributed by atoms with Crippen molar-refractivity contribution >= 4 is 11.6 Å². The predicted octanol–water partition coefficient (Wildman–Crippen LogP) is 5.52. The summed E-state index contributed by atoms with van der Waals surface area (Å²) in [5, 5.41) is 1.08. The molecule has 0 heterocycles. The standard InChI is InChI=1S/C13H25Cl/c1-5-8-11-13(4,10-7-3)12(14)9-6-2/h9H,5-8,10-11H2,1-4H3/b12-9+. The number of rotatable bonds is 7. The summed E-state index contributed by atoms with van der Waals surface area (Å²) in [6, 6.07) is 0. The largest absolute Gasteiger partial charge is 0.0889 e. The van der Waals surface area contributed by atoms with Crippen molar-refractivity contribution in [2.24, 2.45) is 5.41 Å². The van der Waals surface area contributed by atoms with Crippen molar-refractivity contribution in [3.8, 4) is 0 Å². The minimum atomic E-state index is 0.238. The fourth-order valence-electron chi connectivity index (χ4n) is 1.91. The molecule has 0 amide bonds. The van der Waals surface area contributed by atoms with Crippen molar-refractivity contribution in [1.29, 1.82) is 0 Å². The van der Waals surface area contributed by atoms with Gasteiger partial charge in [-0.05, 0) is 19.3 Å². The Morgan fingerprint density at radius 2 is 1.79 bits per heavy atom. The monoisotopic (exact) mass is 216 g/mol. The Bertz CT molecular complexity index is 172. The van der Waals surface area contributed by atoms with E-state index < -0.39 is 0 Å². The van der Waals surface area contributed by atoms with Crippen LogP contribution in [0.3, 0.4) is 0 Å². The fraction of sp³-hybridized carbons (Fsp3) is 0.846. The van der Waals surface area contributed by atoms with E-state index in [1.807, 2.05) is 0 Å². The van der Waals surface area contributed by atoms with Gasteiger partial charge in [0, 0.05) is 10.4 Å². The van der Waals surface area contributed by atoms with Crippen LogP contribution in [0.15, 0.2) is 11.1 Å². The lowest BCUT2D eigenvalue weighted by molar-refractivity contribution is 0.335. The SMILES string of the molecule is CC/C=C(/Cl)C(C)(CCC)CCCC. The number of unbranched alkanes of at least 4 members (excludes halogenated alkanes) is 1. The third-order valence-electron chi connectivity index (χ3n) is 2.84. The molecular formula is C13H25Cl. The predicted molar refractivity (Wildman–Crippen MR) is 66.8 cm³/mol. The summed E-state index contributed by atoms with van der Waals surface area (Å²) in [7, 11) is 0. The van der Waals surface area contributed by atoms with Crippen LogP contribution in [-0.2, 0) is 0 Å². The Labute approximate surface area is 94.7 Å². The molecule has 0 saturated heterocycles. The van der Waals surface area contributed by atoms with Crippen LogP contribution in [0.4, 0.5) is 0 Å². The zero-order valence-corrected chi connectivity index (χ0v) is 11.0. The maximum atomic E-state index is 6.36. The highest BCUT2D eigenvalue weighted by atomic mass is 35.5. The highest BCUT2D eigenvalue weighted by Crippen LogP contribution is 2.39. The smallest absolute Gasteiger partial charge is 0.0200 e. The molecule has 14 heavy (non-hydrogen) atoms. The first kappa shape index (κ1) is 14.0. The molecule has 0 aliphatic carbocycles. The van der Waals surface area contributed by atoms with E-state index in [0.29, 0.717) is 0 Å². The zero-order chi connectivity index (χ0) is 11.0. The lowest BCUT2D eigenvalue weighted by Gasteiger charge is -2.29. The molecule has 0 aliphatic heterocycles. The topological polar surface area (TPSA) is 0 Å². The van der Waals surface area contributed by atoms with Crippen molar-refractivity contribution in [3.05, 3.63) is 11.1 Å². The average Bonchev–Trinajstić information content (AvgIpc) is 2.15. The molecule has 0 aromatic carbocycles. The molecule has 0 nitrogen and oxygen atoms in total. The van der Waals surface area contributed by atoms with Crippen molar-refractivity contribution in [2.75, 3.05) is 0 Å². The fourth-order valence-corrected chi connectivity index (χ4v) is 2.25. The van der Waals surface area contributed by atoms with Crippen molar-refractivity contribution in [3.63, 3.8) is 0 Å². The summed E-state index contributed by atoms with van der Waals surface area (Å²) >= 11 is 6.36. The molecule has 0 aromatic rings. The minimum absolute atomic E-state index is 0.238. The summed E-state index contributed by atoms with van der Waals surface area (Å²) in [6.07, 6.45) is 9.42. The van der Waals surface area contributed by atoms with Crippen LogP contribution in [0.2, 0.25) is 0 Å². The molecule has 0 aliphatic rings. The van der Waals surface area contributed by atoms with Crippen molar-refractivity contribution < 1.29 is 0 Å². The van der Waals surface area contributed by atoms with Crippen LogP contribution >= 0.6 is 11.6 Å². The van der Waals surface area contributed by atoms with Gasteiger partial charge in [-0.25, -0.2) is 0 Å². The second-order valence-electron chi connectivity index (χ2n) is 4.37. The summed E-state index contributed by atoms with van der Waals surface area (Å²) < 4.78 is 0. The molecule has 0 rings (SSSR count). The van der Waals surface area contributed by atoms with Crippen LogP contribution in [0.1, 0.15) is 66.2 Å². The summed E-state index contributed by atoms with van der Waals surface area (Å²) in [5.41, 5.74) is 0.238. The number of hydrogen-bond donors (Lipinski definition) is 0. The second kappa shape index (κ2) is 7.34. The first-order chi connectivity index (χ1) is 6.60. The molecule has 84 valence electrons. The van der Waals surface area contributed by atoms with Crippen LogP contribution < -0.4 is 0 Å². The lowest BCUT2D eigenvalue weighted by Crippen LogP contribution is -2.16. The van der Waals surface area contributed by atoms with Gasteiger partial charge in [-0.15, -0.1) is 0 Å². The Kier molecular flexibility index (Phi) is 7.35. The van der Waals surface area contributed by atoms with Crippen LogP contribution in [-0.4, -0.2) is 0 Å². The maximum absolute atomic E-state index is 6.36. The molecule has 0 N–H and O–H groups in total. The summed E-state index contributed by atoms with van der Waals surface area (Å²) in [4.78, 5) is 0. The lowest BCUT2D eigenvalue weighted by atomic mass is 9.80. The van der Waals surface area contributed by atoms with Crippen LogP contribution in [0.5, 0.6) is 0 Å². The van der Waals surface area contributed by atoms with Crippen molar-refractivity contribution in [2.45, 2.75) is 66.2 Å². The van der Waals surface area contributed by atoms with E-state index in [0.717, 1.165) is 11.5 Å². The van der Waals surface area contributed by atoms with Gasteiger partial charge in [0.1, 0.15) is 0 Å². The van der Waals surface area contributed by atoms with E-state index in [2.05, 4.69) is 33.8 Å². The first-order valence-electron chi connectivity index (χ1n) is 5.96. The van der Waals surface area contributed by atoms with Gasteiger partial charge in [-0.2, -0.15) is 0 Å². The van der Waals surface area contributed by atoms with Crippen LogP contribution in [0.25, 0.3) is 0 Å². The van der Waals surface area contributed by atoms with Gasteiger partial charge >= 0.3 is 0 Å². The molecule has 0 aromatic heterocycles. The highest BCUT2D eigenvalue weighted by Gasteiger charge is 2.25. The molecule has 0 radical (unpaired) electrons. The number of hydrogen-bond acceptors (Lipinski definition) is 0. The van der Waals surface area contributed by atoms with E-state index in [-0.39, 0.29) is 5.41 Å². The summed E-state index contributed by atoms with van der Waals surface area (Å²) in [5.74, 6) is 0. The molecule has 0 saturated carbocycles. The van der Waals surface area contributed by atoms with E-state index in [4.69, 9.17) is 11.6 Å².